The highest BCUT2D eigenvalue weighted by molar-refractivity contribution is 14.1. The molecule has 72 valence electrons. The zero-order valence-corrected chi connectivity index (χ0v) is 9.98. The molecule has 2 nitrogen and oxygen atoms in total. The van der Waals surface area contributed by atoms with Gasteiger partial charge < -0.3 is 4.74 Å². The van der Waals surface area contributed by atoms with Crippen LogP contribution in [0.3, 0.4) is 0 Å². The number of benzene rings is 1. The van der Waals surface area contributed by atoms with Gasteiger partial charge in [-0.3, -0.25) is 0 Å². The van der Waals surface area contributed by atoms with Crippen LogP contribution in [0.5, 0.6) is 5.75 Å². The van der Waals surface area contributed by atoms with Crippen molar-refractivity contribution in [1.82, 2.24) is 4.98 Å². The molecular formula is C11H10INO. The van der Waals surface area contributed by atoms with Crippen LogP contribution in [0, 0.1) is 3.70 Å². The number of fused-ring (bicyclic) bond motifs is 1. The molecule has 0 aliphatic heterocycles. The van der Waals surface area contributed by atoms with Crippen LogP contribution >= 0.6 is 22.6 Å². The number of rotatable bonds is 2. The van der Waals surface area contributed by atoms with E-state index in [4.69, 9.17) is 4.74 Å². The second-order valence-corrected chi connectivity index (χ2v) is 4.03. The van der Waals surface area contributed by atoms with Crippen molar-refractivity contribution in [3.63, 3.8) is 0 Å². The number of hydrogen-bond donors (Lipinski definition) is 0. The van der Waals surface area contributed by atoms with Crippen LogP contribution < -0.4 is 4.74 Å². The zero-order chi connectivity index (χ0) is 9.97. The summed E-state index contributed by atoms with van der Waals surface area (Å²) in [6.07, 6.45) is 0. The largest absolute Gasteiger partial charge is 0.494 e. The third-order valence-corrected chi connectivity index (χ3v) is 2.54. The second-order valence-electron chi connectivity index (χ2n) is 2.92. The number of ether oxygens (including phenoxy) is 1. The maximum absolute atomic E-state index is 5.41. The van der Waals surface area contributed by atoms with E-state index >= 15 is 0 Å². The molecule has 2 aromatic rings. The molecule has 2 rings (SSSR count). The van der Waals surface area contributed by atoms with Crippen molar-refractivity contribution in [2.24, 2.45) is 0 Å². The summed E-state index contributed by atoms with van der Waals surface area (Å²) in [5.41, 5.74) is 0.989. The second kappa shape index (κ2) is 4.13. The molecule has 0 bridgehead atoms. The molecule has 1 heterocycles. The summed E-state index contributed by atoms with van der Waals surface area (Å²) in [5, 5.41) is 1.15. The van der Waals surface area contributed by atoms with Crippen molar-refractivity contribution in [3.8, 4) is 5.75 Å². The lowest BCUT2D eigenvalue weighted by Gasteiger charge is -2.03. The Kier molecular flexibility index (Phi) is 2.86. The number of aromatic nitrogens is 1. The number of pyridine rings is 1. The summed E-state index contributed by atoms with van der Waals surface area (Å²) in [5.74, 6) is 0.884. The third-order valence-electron chi connectivity index (χ3n) is 1.94. The van der Waals surface area contributed by atoms with Crippen molar-refractivity contribution < 1.29 is 4.74 Å². The van der Waals surface area contributed by atoms with Crippen molar-refractivity contribution >= 4 is 33.5 Å². The van der Waals surface area contributed by atoms with Gasteiger partial charge in [-0.25, -0.2) is 4.98 Å². The molecule has 0 aliphatic carbocycles. The lowest BCUT2D eigenvalue weighted by atomic mass is 10.2. The zero-order valence-electron chi connectivity index (χ0n) is 7.83. The molecule has 0 fully saturated rings. The van der Waals surface area contributed by atoms with E-state index in [9.17, 15) is 0 Å². The third kappa shape index (κ3) is 1.97. The van der Waals surface area contributed by atoms with Gasteiger partial charge in [0.1, 0.15) is 9.45 Å². The Bertz CT molecular complexity index is 456. The summed E-state index contributed by atoms with van der Waals surface area (Å²) >= 11 is 2.21. The first-order valence-electron chi connectivity index (χ1n) is 4.48. The molecule has 0 atom stereocenters. The van der Waals surface area contributed by atoms with E-state index in [1.54, 1.807) is 0 Å². The highest BCUT2D eigenvalue weighted by Crippen LogP contribution is 2.20. The van der Waals surface area contributed by atoms with Crippen LogP contribution in [-0.4, -0.2) is 11.6 Å². The number of hydrogen-bond acceptors (Lipinski definition) is 2. The van der Waals surface area contributed by atoms with Gasteiger partial charge in [0.05, 0.1) is 12.1 Å². The molecule has 0 aliphatic rings. The van der Waals surface area contributed by atoms with Crippen molar-refractivity contribution in [2.75, 3.05) is 6.61 Å². The minimum atomic E-state index is 0.690. The number of halogens is 1. The molecule has 0 spiro atoms. The molecule has 0 amide bonds. The predicted molar refractivity (Wildman–Crippen MR) is 65.6 cm³/mol. The standard InChI is InChI=1S/C11H10INO/c1-2-14-9-5-3-8-4-6-11(12)13-10(8)7-9/h3-7H,2H2,1H3. The van der Waals surface area contributed by atoms with E-state index in [0.717, 1.165) is 20.4 Å². The first kappa shape index (κ1) is 9.71. The van der Waals surface area contributed by atoms with Gasteiger partial charge in [0.25, 0.3) is 0 Å². The van der Waals surface area contributed by atoms with Gasteiger partial charge in [-0.1, -0.05) is 6.07 Å². The smallest absolute Gasteiger partial charge is 0.121 e. The Morgan fingerprint density at radius 2 is 2.07 bits per heavy atom. The van der Waals surface area contributed by atoms with E-state index in [-0.39, 0.29) is 0 Å². The lowest BCUT2D eigenvalue weighted by molar-refractivity contribution is 0.340. The SMILES string of the molecule is CCOc1ccc2ccc(I)nc2c1. The Balaban J connectivity index is 2.52. The summed E-state index contributed by atoms with van der Waals surface area (Å²) in [6.45, 7) is 2.67. The maximum Gasteiger partial charge on any atom is 0.121 e. The molecule has 3 heteroatoms. The van der Waals surface area contributed by atoms with Crippen LogP contribution in [0.4, 0.5) is 0 Å². The highest BCUT2D eigenvalue weighted by Gasteiger charge is 1.98. The van der Waals surface area contributed by atoms with Crippen molar-refractivity contribution in [3.05, 3.63) is 34.0 Å². The minimum Gasteiger partial charge on any atom is -0.494 e. The van der Waals surface area contributed by atoms with Crippen molar-refractivity contribution in [2.45, 2.75) is 6.92 Å². The van der Waals surface area contributed by atoms with Gasteiger partial charge in [0, 0.05) is 11.5 Å². The average Bonchev–Trinajstić information content (AvgIpc) is 2.17. The fourth-order valence-corrected chi connectivity index (χ4v) is 1.77. The predicted octanol–water partition coefficient (Wildman–Crippen LogP) is 3.24. The molecule has 14 heavy (non-hydrogen) atoms. The van der Waals surface area contributed by atoms with Gasteiger partial charge in [0.15, 0.2) is 0 Å². The van der Waals surface area contributed by atoms with E-state index in [1.807, 2.05) is 31.2 Å². The minimum absolute atomic E-state index is 0.690. The Morgan fingerprint density at radius 1 is 1.29 bits per heavy atom. The molecule has 0 N–H and O–H groups in total. The molecule has 1 aromatic carbocycles. The van der Waals surface area contributed by atoms with E-state index in [0.29, 0.717) is 6.61 Å². The molecule has 0 radical (unpaired) electrons. The molecule has 1 aromatic heterocycles. The van der Waals surface area contributed by atoms with Crippen LogP contribution in [0.15, 0.2) is 30.3 Å². The lowest BCUT2D eigenvalue weighted by Crippen LogP contribution is -1.91. The maximum atomic E-state index is 5.41. The fourth-order valence-electron chi connectivity index (χ4n) is 1.33. The Morgan fingerprint density at radius 3 is 2.86 bits per heavy atom. The first-order chi connectivity index (χ1) is 6.79. The van der Waals surface area contributed by atoms with Gasteiger partial charge in [-0.05, 0) is 47.7 Å². The normalized spacial score (nSPS) is 10.4. The van der Waals surface area contributed by atoms with Gasteiger partial charge in [-0.2, -0.15) is 0 Å². The van der Waals surface area contributed by atoms with E-state index < -0.39 is 0 Å². The first-order valence-corrected chi connectivity index (χ1v) is 5.56. The summed E-state index contributed by atoms with van der Waals surface area (Å²) in [4.78, 5) is 4.43. The van der Waals surface area contributed by atoms with Gasteiger partial charge in [0.2, 0.25) is 0 Å². The van der Waals surface area contributed by atoms with Crippen LogP contribution in [0.25, 0.3) is 10.9 Å². The monoisotopic (exact) mass is 299 g/mol. The average molecular weight is 299 g/mol. The summed E-state index contributed by atoms with van der Waals surface area (Å²) < 4.78 is 6.41. The van der Waals surface area contributed by atoms with E-state index in [1.165, 1.54) is 0 Å². The number of nitrogens with zero attached hydrogens (tertiary/aromatic N) is 1. The Hall–Kier alpha value is -0.840. The summed E-state index contributed by atoms with van der Waals surface area (Å²) in [7, 11) is 0. The molecule has 0 unspecified atom stereocenters. The molecule has 0 saturated carbocycles. The topological polar surface area (TPSA) is 22.1 Å². The molecular weight excluding hydrogens is 289 g/mol. The Labute approximate surface area is 96.4 Å². The fraction of sp³-hybridized carbons (Fsp3) is 0.182. The highest BCUT2D eigenvalue weighted by atomic mass is 127. The van der Waals surface area contributed by atoms with Crippen LogP contribution in [-0.2, 0) is 0 Å². The quantitative estimate of drug-likeness (QED) is 0.627. The summed E-state index contributed by atoms with van der Waals surface area (Å²) in [6, 6.07) is 10.0. The van der Waals surface area contributed by atoms with Crippen molar-refractivity contribution in [1.29, 1.82) is 0 Å². The van der Waals surface area contributed by atoms with Crippen LogP contribution in [0.2, 0.25) is 0 Å². The van der Waals surface area contributed by atoms with Gasteiger partial charge >= 0.3 is 0 Å². The van der Waals surface area contributed by atoms with E-state index in [2.05, 4.69) is 33.6 Å². The molecule has 0 saturated heterocycles. The van der Waals surface area contributed by atoms with Gasteiger partial charge in [-0.15, -0.1) is 0 Å². The van der Waals surface area contributed by atoms with Crippen LogP contribution in [0.1, 0.15) is 6.92 Å².